The zero-order chi connectivity index (χ0) is 20.2. The molecule has 0 N–H and O–H groups in total. The molecule has 1 heterocycles. The smallest absolute Gasteiger partial charge is 0.348 e. The number of nitrogens with zero attached hydrogens (tertiary/aromatic N) is 2. The zero-order valence-electron chi connectivity index (χ0n) is 16.1. The molecule has 1 aromatic heterocycles. The fourth-order valence-electron chi connectivity index (χ4n) is 3.56. The molecule has 0 fully saturated rings. The first-order valence-electron chi connectivity index (χ1n) is 9.54. The van der Waals surface area contributed by atoms with Gasteiger partial charge in [-0.25, -0.2) is 4.79 Å². The van der Waals surface area contributed by atoms with Crippen molar-refractivity contribution < 1.29 is 9.53 Å². The van der Waals surface area contributed by atoms with Gasteiger partial charge in [-0.15, -0.1) is 0 Å². The van der Waals surface area contributed by atoms with E-state index in [2.05, 4.69) is 34.9 Å². The molecule has 29 heavy (non-hydrogen) atoms. The average Bonchev–Trinajstić information content (AvgIpc) is 3.09. The molecular weight excluding hydrogens is 360 g/mol. The van der Waals surface area contributed by atoms with Crippen LogP contribution in [0.5, 0.6) is 0 Å². The third-order valence-corrected chi connectivity index (χ3v) is 4.90. The van der Waals surface area contributed by atoms with E-state index >= 15 is 0 Å². The van der Waals surface area contributed by atoms with Crippen LogP contribution in [0.2, 0.25) is 0 Å². The van der Waals surface area contributed by atoms with Gasteiger partial charge in [-0.1, -0.05) is 54.6 Å². The van der Waals surface area contributed by atoms with Crippen LogP contribution in [0, 0.1) is 11.3 Å². The highest BCUT2D eigenvalue weighted by molar-refractivity contribution is 6.01. The molecule has 0 saturated carbocycles. The lowest BCUT2D eigenvalue weighted by Gasteiger charge is -2.07. The Morgan fingerprint density at radius 1 is 1.07 bits per heavy atom. The summed E-state index contributed by atoms with van der Waals surface area (Å²) in [6.45, 7) is 2.66. The second-order valence-electron chi connectivity index (χ2n) is 6.80. The second-order valence-corrected chi connectivity index (χ2v) is 6.80. The van der Waals surface area contributed by atoms with Gasteiger partial charge >= 0.3 is 5.97 Å². The van der Waals surface area contributed by atoms with Crippen molar-refractivity contribution in [3.63, 3.8) is 0 Å². The molecule has 3 aromatic carbocycles. The molecule has 0 aliphatic rings. The van der Waals surface area contributed by atoms with E-state index < -0.39 is 5.97 Å². The number of para-hydroxylation sites is 1. The first-order valence-corrected chi connectivity index (χ1v) is 9.54. The van der Waals surface area contributed by atoms with Crippen molar-refractivity contribution in [1.82, 2.24) is 4.57 Å². The summed E-state index contributed by atoms with van der Waals surface area (Å²) in [7, 11) is 0. The fraction of sp³-hybridized carbons (Fsp3) is 0.120. The summed E-state index contributed by atoms with van der Waals surface area (Å²) in [5.41, 5.74) is 3.06. The highest BCUT2D eigenvalue weighted by atomic mass is 16.5. The minimum absolute atomic E-state index is 0.000424. The van der Waals surface area contributed by atoms with Crippen molar-refractivity contribution in [3.8, 4) is 6.07 Å². The van der Waals surface area contributed by atoms with E-state index in [1.54, 1.807) is 13.0 Å². The lowest BCUT2D eigenvalue weighted by atomic mass is 10.1. The number of carbonyl (C=O) groups excluding carboxylic acids is 1. The number of carbonyl (C=O) groups is 1. The maximum atomic E-state index is 12.0. The largest absolute Gasteiger partial charge is 0.462 e. The van der Waals surface area contributed by atoms with Crippen LogP contribution >= 0.6 is 0 Å². The van der Waals surface area contributed by atoms with Gasteiger partial charge in [0.25, 0.3) is 0 Å². The Kier molecular flexibility index (Phi) is 5.13. The van der Waals surface area contributed by atoms with Crippen molar-refractivity contribution >= 4 is 33.7 Å². The standard InChI is InChI=1S/C25H20N2O2/c1-2-29-25(28)21(15-26)14-22-17-27(24-10-6-5-9-23(22)24)16-18-11-12-19-7-3-4-8-20(19)13-18/h3-14,17H,2,16H2,1H3/b21-14+. The maximum absolute atomic E-state index is 12.0. The van der Waals surface area contributed by atoms with E-state index in [9.17, 15) is 10.1 Å². The predicted octanol–water partition coefficient (Wildman–Crippen LogP) is 5.31. The van der Waals surface area contributed by atoms with Gasteiger partial charge in [0.05, 0.1) is 6.61 Å². The molecule has 4 heteroatoms. The van der Waals surface area contributed by atoms with E-state index in [4.69, 9.17) is 4.74 Å². The van der Waals surface area contributed by atoms with Gasteiger partial charge in [0.1, 0.15) is 11.6 Å². The molecule has 0 unspecified atom stereocenters. The van der Waals surface area contributed by atoms with Gasteiger partial charge in [0.15, 0.2) is 0 Å². The Balaban J connectivity index is 1.75. The number of benzene rings is 3. The Morgan fingerprint density at radius 3 is 2.62 bits per heavy atom. The molecule has 0 aliphatic carbocycles. The minimum atomic E-state index is -0.596. The number of ether oxygens (including phenoxy) is 1. The summed E-state index contributed by atoms with van der Waals surface area (Å²) in [6.07, 6.45) is 3.59. The van der Waals surface area contributed by atoms with Gasteiger partial charge in [-0.05, 0) is 41.5 Å². The first kappa shape index (κ1) is 18.5. The lowest BCUT2D eigenvalue weighted by molar-refractivity contribution is -0.137. The molecule has 0 bridgehead atoms. The summed E-state index contributed by atoms with van der Waals surface area (Å²) in [5.74, 6) is -0.596. The number of hydrogen-bond acceptors (Lipinski definition) is 3. The monoisotopic (exact) mass is 380 g/mol. The molecule has 0 aliphatic heterocycles. The minimum Gasteiger partial charge on any atom is -0.462 e. The second kappa shape index (κ2) is 8.04. The van der Waals surface area contributed by atoms with Crippen LogP contribution in [0.3, 0.4) is 0 Å². The highest BCUT2D eigenvalue weighted by Gasteiger charge is 2.13. The number of nitriles is 1. The van der Waals surface area contributed by atoms with E-state index in [1.165, 1.54) is 16.3 Å². The van der Waals surface area contributed by atoms with Crippen LogP contribution in [-0.2, 0) is 16.1 Å². The SMILES string of the molecule is CCOC(=O)/C(C#N)=C/c1cn(Cc2ccc3ccccc3c2)c2ccccc12. The van der Waals surface area contributed by atoms with Gasteiger partial charge < -0.3 is 9.30 Å². The van der Waals surface area contributed by atoms with Gasteiger partial charge in [-0.2, -0.15) is 5.26 Å². The topological polar surface area (TPSA) is 55.0 Å². The predicted molar refractivity (Wildman–Crippen MR) is 115 cm³/mol. The van der Waals surface area contributed by atoms with E-state index in [-0.39, 0.29) is 12.2 Å². The van der Waals surface area contributed by atoms with E-state index in [0.717, 1.165) is 16.5 Å². The van der Waals surface area contributed by atoms with Crippen molar-refractivity contribution in [3.05, 3.63) is 89.6 Å². The number of hydrogen-bond donors (Lipinski definition) is 0. The van der Waals surface area contributed by atoms with Crippen molar-refractivity contribution in [2.75, 3.05) is 6.61 Å². The van der Waals surface area contributed by atoms with Crippen LogP contribution in [0.25, 0.3) is 27.8 Å². The molecule has 0 atom stereocenters. The Hall–Kier alpha value is -3.84. The molecule has 142 valence electrons. The lowest BCUT2D eigenvalue weighted by Crippen LogP contribution is -2.05. The molecule has 4 nitrogen and oxygen atoms in total. The Bertz CT molecular complexity index is 1270. The van der Waals surface area contributed by atoms with Crippen LogP contribution in [-0.4, -0.2) is 17.1 Å². The maximum Gasteiger partial charge on any atom is 0.348 e. The zero-order valence-corrected chi connectivity index (χ0v) is 16.1. The molecule has 4 rings (SSSR count). The van der Waals surface area contributed by atoms with Crippen LogP contribution in [0.4, 0.5) is 0 Å². The number of rotatable bonds is 5. The first-order chi connectivity index (χ1) is 14.2. The van der Waals surface area contributed by atoms with Crippen molar-refractivity contribution in [1.29, 1.82) is 5.26 Å². The normalized spacial score (nSPS) is 11.5. The van der Waals surface area contributed by atoms with Gasteiger partial charge in [-0.3, -0.25) is 0 Å². The molecule has 0 radical (unpaired) electrons. The van der Waals surface area contributed by atoms with E-state index in [0.29, 0.717) is 6.54 Å². The third-order valence-electron chi connectivity index (χ3n) is 4.90. The van der Waals surface area contributed by atoms with Crippen LogP contribution in [0.1, 0.15) is 18.1 Å². The quantitative estimate of drug-likeness (QED) is 0.268. The van der Waals surface area contributed by atoms with Gasteiger partial charge in [0.2, 0.25) is 0 Å². The highest BCUT2D eigenvalue weighted by Crippen LogP contribution is 2.25. The summed E-state index contributed by atoms with van der Waals surface area (Å²) in [5, 5.41) is 12.8. The Morgan fingerprint density at radius 2 is 1.83 bits per heavy atom. The average molecular weight is 380 g/mol. The molecule has 4 aromatic rings. The number of esters is 1. The summed E-state index contributed by atoms with van der Waals surface area (Å²) in [6, 6.07) is 24.7. The van der Waals surface area contributed by atoms with Gasteiger partial charge in [0, 0.05) is 29.2 Å². The number of fused-ring (bicyclic) bond motifs is 2. The molecule has 0 amide bonds. The van der Waals surface area contributed by atoms with Crippen molar-refractivity contribution in [2.45, 2.75) is 13.5 Å². The number of aromatic nitrogens is 1. The fourth-order valence-corrected chi connectivity index (χ4v) is 3.56. The van der Waals surface area contributed by atoms with E-state index in [1.807, 2.05) is 48.7 Å². The summed E-state index contributed by atoms with van der Waals surface area (Å²) in [4.78, 5) is 12.0. The van der Waals surface area contributed by atoms with Crippen molar-refractivity contribution in [2.24, 2.45) is 0 Å². The van der Waals surface area contributed by atoms with Crippen LogP contribution in [0.15, 0.2) is 78.5 Å². The third kappa shape index (κ3) is 3.76. The molecular formula is C25H20N2O2. The molecule has 0 saturated heterocycles. The van der Waals surface area contributed by atoms with Crippen LogP contribution < -0.4 is 0 Å². The summed E-state index contributed by atoms with van der Waals surface area (Å²) >= 11 is 0. The molecule has 0 spiro atoms. The Labute approximate surface area is 169 Å². The summed E-state index contributed by atoms with van der Waals surface area (Å²) < 4.78 is 7.13.